The van der Waals surface area contributed by atoms with E-state index in [-0.39, 0.29) is 17.9 Å². The van der Waals surface area contributed by atoms with Crippen LogP contribution in [0.3, 0.4) is 0 Å². The Hall–Kier alpha value is -1.79. The van der Waals surface area contributed by atoms with E-state index < -0.39 is 0 Å². The molecule has 1 aromatic carbocycles. The topological polar surface area (TPSA) is 52.0 Å². The van der Waals surface area contributed by atoms with Crippen LogP contribution in [0.15, 0.2) is 51.3 Å². The minimum Gasteiger partial charge on any atom is -0.292 e. The van der Waals surface area contributed by atoms with Gasteiger partial charge in [0.1, 0.15) is 4.83 Å². The van der Waals surface area contributed by atoms with Crippen molar-refractivity contribution in [1.29, 1.82) is 0 Å². The zero-order valence-electron chi connectivity index (χ0n) is 10.2. The number of nitrogens with zero attached hydrogens (tertiary/aromatic N) is 2. The van der Waals surface area contributed by atoms with Gasteiger partial charge in [0.15, 0.2) is 5.78 Å². The fourth-order valence-electron chi connectivity index (χ4n) is 1.89. The molecule has 2 heterocycles. The van der Waals surface area contributed by atoms with Crippen LogP contribution in [0.4, 0.5) is 0 Å². The van der Waals surface area contributed by atoms with Crippen LogP contribution in [-0.2, 0) is 6.54 Å². The number of thiophene rings is 1. The second-order valence-electron chi connectivity index (χ2n) is 4.25. The van der Waals surface area contributed by atoms with E-state index in [0.717, 1.165) is 4.47 Å². The van der Waals surface area contributed by atoms with Crippen LogP contribution in [0.25, 0.3) is 10.2 Å². The van der Waals surface area contributed by atoms with Crippen LogP contribution < -0.4 is 5.56 Å². The number of carbonyl (C=O) groups excluding carboxylic acids is 1. The predicted molar refractivity (Wildman–Crippen MR) is 82.4 cm³/mol. The average Bonchev–Trinajstić information content (AvgIpc) is 2.92. The quantitative estimate of drug-likeness (QED) is 0.683. The summed E-state index contributed by atoms with van der Waals surface area (Å²) in [6, 6.07) is 8.80. The molecule has 6 heteroatoms. The van der Waals surface area contributed by atoms with Crippen molar-refractivity contribution in [3.63, 3.8) is 0 Å². The van der Waals surface area contributed by atoms with Crippen molar-refractivity contribution in [2.24, 2.45) is 0 Å². The third-order valence-electron chi connectivity index (χ3n) is 2.93. The molecule has 0 saturated carbocycles. The van der Waals surface area contributed by atoms with Gasteiger partial charge in [-0.2, -0.15) is 0 Å². The largest absolute Gasteiger partial charge is 0.292 e. The van der Waals surface area contributed by atoms with Gasteiger partial charge in [0.25, 0.3) is 5.56 Å². The highest BCUT2D eigenvalue weighted by molar-refractivity contribution is 9.10. The standard InChI is InChI=1S/C14H9BrN2O2S/c15-10-3-1-9(2-4-10)12(18)7-17-8-16-13-11(14(17)19)5-6-20-13/h1-6,8H,7H2. The molecule has 100 valence electrons. The summed E-state index contributed by atoms with van der Waals surface area (Å²) in [7, 11) is 0. The van der Waals surface area contributed by atoms with Crippen LogP contribution >= 0.6 is 27.3 Å². The Morgan fingerprint density at radius 2 is 2.00 bits per heavy atom. The lowest BCUT2D eigenvalue weighted by atomic mass is 10.1. The Balaban J connectivity index is 1.93. The van der Waals surface area contributed by atoms with Crippen LogP contribution in [0.5, 0.6) is 0 Å². The van der Waals surface area contributed by atoms with E-state index in [2.05, 4.69) is 20.9 Å². The Morgan fingerprint density at radius 1 is 1.25 bits per heavy atom. The van der Waals surface area contributed by atoms with E-state index >= 15 is 0 Å². The summed E-state index contributed by atoms with van der Waals surface area (Å²) in [4.78, 5) is 29.2. The number of hydrogen-bond acceptors (Lipinski definition) is 4. The second kappa shape index (κ2) is 5.30. The van der Waals surface area contributed by atoms with Gasteiger partial charge in [-0.25, -0.2) is 4.98 Å². The summed E-state index contributed by atoms with van der Waals surface area (Å²) in [5, 5.41) is 2.38. The van der Waals surface area contributed by atoms with E-state index in [9.17, 15) is 9.59 Å². The number of halogens is 1. The third kappa shape index (κ3) is 2.44. The van der Waals surface area contributed by atoms with Crippen LogP contribution in [0.1, 0.15) is 10.4 Å². The van der Waals surface area contributed by atoms with Crippen molar-refractivity contribution in [1.82, 2.24) is 9.55 Å². The number of benzene rings is 1. The highest BCUT2D eigenvalue weighted by Crippen LogP contribution is 2.14. The first-order chi connectivity index (χ1) is 9.65. The molecule has 20 heavy (non-hydrogen) atoms. The zero-order valence-corrected chi connectivity index (χ0v) is 12.6. The van der Waals surface area contributed by atoms with Gasteiger partial charge < -0.3 is 0 Å². The molecule has 0 radical (unpaired) electrons. The minimum absolute atomic E-state index is 0.000742. The van der Waals surface area contributed by atoms with Gasteiger partial charge in [0, 0.05) is 10.0 Å². The van der Waals surface area contributed by atoms with Crippen molar-refractivity contribution in [2.45, 2.75) is 6.54 Å². The Morgan fingerprint density at radius 3 is 2.75 bits per heavy atom. The molecular formula is C14H9BrN2O2S. The van der Waals surface area contributed by atoms with Gasteiger partial charge in [-0.05, 0) is 23.6 Å². The maximum absolute atomic E-state index is 12.2. The molecule has 0 unspecified atom stereocenters. The molecule has 0 aliphatic carbocycles. The fourth-order valence-corrected chi connectivity index (χ4v) is 2.88. The van der Waals surface area contributed by atoms with Crippen molar-refractivity contribution in [3.05, 3.63) is 62.4 Å². The molecule has 0 saturated heterocycles. The van der Waals surface area contributed by atoms with Gasteiger partial charge >= 0.3 is 0 Å². The van der Waals surface area contributed by atoms with E-state index in [1.807, 2.05) is 5.38 Å². The van der Waals surface area contributed by atoms with Crippen molar-refractivity contribution < 1.29 is 4.79 Å². The molecule has 0 bridgehead atoms. The lowest BCUT2D eigenvalue weighted by Gasteiger charge is -2.04. The number of aromatic nitrogens is 2. The van der Waals surface area contributed by atoms with E-state index in [0.29, 0.717) is 15.8 Å². The number of rotatable bonds is 3. The summed E-state index contributed by atoms with van der Waals surface area (Å²) in [5.41, 5.74) is 0.396. The summed E-state index contributed by atoms with van der Waals surface area (Å²) in [5.74, 6) is -0.115. The van der Waals surface area contributed by atoms with Crippen molar-refractivity contribution >= 4 is 43.3 Å². The molecule has 3 aromatic rings. The normalized spacial score (nSPS) is 10.8. The van der Waals surface area contributed by atoms with Gasteiger partial charge in [0.2, 0.25) is 0 Å². The summed E-state index contributed by atoms with van der Waals surface area (Å²) >= 11 is 4.73. The minimum atomic E-state index is -0.179. The molecule has 0 aliphatic rings. The molecule has 0 amide bonds. The number of carbonyl (C=O) groups is 1. The Bertz CT molecular complexity index is 836. The highest BCUT2D eigenvalue weighted by Gasteiger charge is 2.10. The molecule has 2 aromatic heterocycles. The average molecular weight is 349 g/mol. The number of fused-ring (bicyclic) bond motifs is 1. The zero-order chi connectivity index (χ0) is 14.1. The predicted octanol–water partition coefficient (Wildman–Crippen LogP) is 3.10. The number of Topliss-reactive ketones (excluding diaryl/α,β-unsaturated/α-hetero) is 1. The lowest BCUT2D eigenvalue weighted by Crippen LogP contribution is -2.24. The van der Waals surface area contributed by atoms with Gasteiger partial charge in [-0.15, -0.1) is 11.3 Å². The van der Waals surface area contributed by atoms with Crippen molar-refractivity contribution in [3.8, 4) is 0 Å². The van der Waals surface area contributed by atoms with E-state index in [1.54, 1.807) is 30.3 Å². The first-order valence-corrected chi connectivity index (χ1v) is 7.54. The molecule has 0 N–H and O–H groups in total. The second-order valence-corrected chi connectivity index (χ2v) is 6.06. The van der Waals surface area contributed by atoms with Gasteiger partial charge in [-0.3, -0.25) is 14.2 Å². The first-order valence-electron chi connectivity index (χ1n) is 5.86. The molecule has 4 nitrogen and oxygen atoms in total. The van der Waals surface area contributed by atoms with Gasteiger partial charge in [-0.1, -0.05) is 28.1 Å². The van der Waals surface area contributed by atoms with E-state index in [1.165, 1.54) is 22.2 Å². The molecule has 0 fully saturated rings. The SMILES string of the molecule is O=C(Cn1cnc2sccc2c1=O)c1ccc(Br)cc1. The molecule has 0 aliphatic heterocycles. The maximum atomic E-state index is 12.2. The molecule has 0 spiro atoms. The maximum Gasteiger partial charge on any atom is 0.262 e. The molecule has 0 atom stereocenters. The van der Waals surface area contributed by atoms with Crippen molar-refractivity contribution in [2.75, 3.05) is 0 Å². The van der Waals surface area contributed by atoms with Gasteiger partial charge in [0.05, 0.1) is 18.3 Å². The fraction of sp³-hybridized carbons (Fsp3) is 0.0714. The van der Waals surface area contributed by atoms with Crippen LogP contribution in [0.2, 0.25) is 0 Å². The number of hydrogen-bond donors (Lipinski definition) is 0. The third-order valence-corrected chi connectivity index (χ3v) is 4.28. The summed E-state index contributed by atoms with van der Waals surface area (Å²) in [6.45, 7) is -0.000742. The highest BCUT2D eigenvalue weighted by atomic mass is 79.9. The Labute approximate surface area is 126 Å². The number of ketones is 1. The first kappa shape index (κ1) is 13.2. The molecular weight excluding hydrogens is 340 g/mol. The smallest absolute Gasteiger partial charge is 0.262 e. The van der Waals surface area contributed by atoms with E-state index in [4.69, 9.17) is 0 Å². The lowest BCUT2D eigenvalue weighted by molar-refractivity contribution is 0.0970. The Kier molecular flexibility index (Phi) is 3.50. The van der Waals surface area contributed by atoms with Crippen LogP contribution in [-0.4, -0.2) is 15.3 Å². The monoisotopic (exact) mass is 348 g/mol. The molecule has 3 rings (SSSR count). The summed E-state index contributed by atoms with van der Waals surface area (Å²) < 4.78 is 2.26. The summed E-state index contributed by atoms with van der Waals surface area (Å²) in [6.07, 6.45) is 1.43. The van der Waals surface area contributed by atoms with Crippen LogP contribution in [0, 0.1) is 0 Å².